The zero-order valence-corrected chi connectivity index (χ0v) is 16.8. The molecule has 0 bridgehead atoms. The molecule has 3 rings (SSSR count). The Morgan fingerprint density at radius 1 is 1.00 bits per heavy atom. The molecule has 2 aromatic carbocycles. The number of benzene rings is 2. The van der Waals surface area contributed by atoms with Crippen molar-refractivity contribution in [3.05, 3.63) is 82.1 Å². The summed E-state index contributed by atoms with van der Waals surface area (Å²) in [4.78, 5) is 2.44. The smallest absolute Gasteiger partial charge is 0.276 e. The fourth-order valence-electron chi connectivity index (χ4n) is 2.84. The minimum Gasteiger partial charge on any atom is -0.318 e. The predicted molar refractivity (Wildman–Crippen MR) is 109 cm³/mol. The van der Waals surface area contributed by atoms with E-state index in [0.29, 0.717) is 5.02 Å². The molecule has 3 aromatic rings. The van der Waals surface area contributed by atoms with E-state index in [1.807, 2.05) is 51.1 Å². The van der Waals surface area contributed by atoms with Gasteiger partial charge in [-0.1, -0.05) is 29.3 Å². The van der Waals surface area contributed by atoms with Crippen molar-refractivity contribution in [2.45, 2.75) is 25.7 Å². The maximum absolute atomic E-state index is 12.3. The summed E-state index contributed by atoms with van der Waals surface area (Å²) in [6.45, 7) is 5.84. The molecule has 5 nitrogen and oxygen atoms in total. The van der Waals surface area contributed by atoms with Crippen LogP contribution in [0.1, 0.15) is 22.5 Å². The Morgan fingerprint density at radius 2 is 1.63 bits per heavy atom. The second kappa shape index (κ2) is 7.58. The second-order valence-electron chi connectivity index (χ2n) is 6.30. The van der Waals surface area contributed by atoms with Gasteiger partial charge in [0.2, 0.25) is 0 Å². The minimum atomic E-state index is -3.69. The summed E-state index contributed by atoms with van der Waals surface area (Å²) in [6, 6.07) is 16.1. The van der Waals surface area contributed by atoms with Crippen LogP contribution in [0.25, 0.3) is 5.69 Å². The van der Waals surface area contributed by atoms with Gasteiger partial charge in [-0.15, -0.1) is 0 Å². The van der Waals surface area contributed by atoms with Gasteiger partial charge >= 0.3 is 0 Å². The molecule has 1 N–H and O–H groups in total. The van der Waals surface area contributed by atoms with Crippen molar-refractivity contribution in [2.75, 3.05) is 0 Å². The molecule has 0 aliphatic carbocycles. The van der Waals surface area contributed by atoms with Crippen LogP contribution in [0.4, 0.5) is 0 Å². The summed E-state index contributed by atoms with van der Waals surface area (Å²) < 4.78 is 26.7. The first-order valence-electron chi connectivity index (χ1n) is 8.34. The minimum absolute atomic E-state index is 0.178. The molecule has 0 atom stereocenters. The monoisotopic (exact) mass is 401 g/mol. The number of halogens is 1. The molecular formula is C20H20ClN3O2S. The second-order valence-corrected chi connectivity index (χ2v) is 8.40. The van der Waals surface area contributed by atoms with E-state index in [2.05, 4.69) is 14.5 Å². The third kappa shape index (κ3) is 4.23. The van der Waals surface area contributed by atoms with Gasteiger partial charge < -0.3 is 4.57 Å². The van der Waals surface area contributed by atoms with Gasteiger partial charge in [-0.05, 0) is 63.2 Å². The number of hydrogen-bond acceptors (Lipinski definition) is 3. The standard InChI is InChI=1S/C20H20ClN3O2S/c1-14-4-10-20(11-5-14)27(25,26)23-22-13-17-12-15(2)24(16(17)3)19-8-6-18(21)7-9-19/h4-13,23H,1-3H3/b22-13-. The van der Waals surface area contributed by atoms with Gasteiger partial charge in [0.1, 0.15) is 0 Å². The highest BCUT2D eigenvalue weighted by Crippen LogP contribution is 2.21. The van der Waals surface area contributed by atoms with Gasteiger partial charge in [0.15, 0.2) is 0 Å². The first-order valence-corrected chi connectivity index (χ1v) is 10.2. The van der Waals surface area contributed by atoms with Crippen molar-refractivity contribution in [1.29, 1.82) is 0 Å². The van der Waals surface area contributed by atoms with Crippen LogP contribution in [-0.4, -0.2) is 19.2 Å². The Kier molecular flexibility index (Phi) is 5.39. The van der Waals surface area contributed by atoms with Gasteiger partial charge in [0.25, 0.3) is 10.0 Å². The van der Waals surface area contributed by atoms with E-state index in [9.17, 15) is 8.42 Å². The average molecular weight is 402 g/mol. The molecule has 140 valence electrons. The van der Waals surface area contributed by atoms with Gasteiger partial charge in [-0.2, -0.15) is 13.5 Å². The molecule has 0 spiro atoms. The van der Waals surface area contributed by atoms with Crippen LogP contribution in [0, 0.1) is 20.8 Å². The van der Waals surface area contributed by atoms with E-state index in [4.69, 9.17) is 11.6 Å². The van der Waals surface area contributed by atoms with Crippen LogP contribution in [0.5, 0.6) is 0 Å². The molecule has 0 radical (unpaired) electrons. The summed E-state index contributed by atoms with van der Waals surface area (Å²) in [7, 11) is -3.69. The number of nitrogens with one attached hydrogen (secondary N) is 1. The van der Waals surface area contributed by atoms with E-state index in [1.165, 1.54) is 6.21 Å². The molecule has 0 saturated carbocycles. The molecule has 0 unspecified atom stereocenters. The fourth-order valence-corrected chi connectivity index (χ4v) is 3.76. The summed E-state index contributed by atoms with van der Waals surface area (Å²) in [5.74, 6) is 0. The molecule has 0 amide bonds. The Morgan fingerprint density at radius 3 is 2.26 bits per heavy atom. The van der Waals surface area contributed by atoms with E-state index >= 15 is 0 Å². The van der Waals surface area contributed by atoms with Crippen molar-refractivity contribution in [1.82, 2.24) is 9.40 Å². The zero-order chi connectivity index (χ0) is 19.6. The number of hydrazone groups is 1. The summed E-state index contributed by atoms with van der Waals surface area (Å²) in [5.41, 5.74) is 4.77. The molecular weight excluding hydrogens is 382 g/mol. The number of sulfonamides is 1. The maximum Gasteiger partial charge on any atom is 0.276 e. The van der Waals surface area contributed by atoms with Crippen LogP contribution in [0.2, 0.25) is 5.02 Å². The number of aryl methyl sites for hydroxylation is 2. The lowest BCUT2D eigenvalue weighted by molar-refractivity contribution is 0.584. The van der Waals surface area contributed by atoms with E-state index < -0.39 is 10.0 Å². The number of aromatic nitrogens is 1. The fraction of sp³-hybridized carbons (Fsp3) is 0.150. The van der Waals surface area contributed by atoms with Gasteiger partial charge in [0, 0.05) is 27.7 Å². The van der Waals surface area contributed by atoms with Crippen molar-refractivity contribution in [3.63, 3.8) is 0 Å². The average Bonchev–Trinajstić information content (AvgIpc) is 2.90. The van der Waals surface area contributed by atoms with Crippen LogP contribution in [-0.2, 0) is 10.0 Å². The molecule has 7 heteroatoms. The largest absolute Gasteiger partial charge is 0.318 e. The summed E-state index contributed by atoms with van der Waals surface area (Å²) >= 11 is 5.96. The molecule has 1 aromatic heterocycles. The number of nitrogens with zero attached hydrogens (tertiary/aromatic N) is 2. The molecule has 1 heterocycles. The van der Waals surface area contributed by atoms with Crippen LogP contribution < -0.4 is 4.83 Å². The Balaban J connectivity index is 1.83. The summed E-state index contributed by atoms with van der Waals surface area (Å²) in [5, 5.41) is 4.61. The van der Waals surface area contributed by atoms with Crippen LogP contribution >= 0.6 is 11.6 Å². The quantitative estimate of drug-likeness (QED) is 0.509. The van der Waals surface area contributed by atoms with Crippen molar-refractivity contribution >= 4 is 27.8 Å². The highest BCUT2D eigenvalue weighted by atomic mass is 35.5. The van der Waals surface area contributed by atoms with E-state index in [1.54, 1.807) is 24.3 Å². The van der Waals surface area contributed by atoms with Crippen molar-refractivity contribution in [2.24, 2.45) is 5.10 Å². The SMILES string of the molecule is Cc1ccc(S(=O)(=O)N/N=C\c2cc(C)n(-c3ccc(Cl)cc3)c2C)cc1. The van der Waals surface area contributed by atoms with Gasteiger partial charge in [0.05, 0.1) is 11.1 Å². The van der Waals surface area contributed by atoms with Crippen LogP contribution in [0.3, 0.4) is 0 Å². The van der Waals surface area contributed by atoms with Crippen molar-refractivity contribution < 1.29 is 8.42 Å². The molecule has 0 aliphatic heterocycles. The maximum atomic E-state index is 12.3. The highest BCUT2D eigenvalue weighted by molar-refractivity contribution is 7.89. The normalized spacial score (nSPS) is 11.9. The molecule has 0 aliphatic rings. The van der Waals surface area contributed by atoms with E-state index in [0.717, 1.165) is 28.2 Å². The third-order valence-corrected chi connectivity index (χ3v) is 5.75. The topological polar surface area (TPSA) is 63.5 Å². The van der Waals surface area contributed by atoms with Crippen LogP contribution in [0.15, 0.2) is 64.6 Å². The van der Waals surface area contributed by atoms with Crippen molar-refractivity contribution in [3.8, 4) is 5.69 Å². The predicted octanol–water partition coefficient (Wildman–Crippen LogP) is 4.37. The summed E-state index contributed by atoms with van der Waals surface area (Å²) in [6.07, 6.45) is 1.51. The molecule has 27 heavy (non-hydrogen) atoms. The van der Waals surface area contributed by atoms with E-state index in [-0.39, 0.29) is 4.90 Å². The third-order valence-electron chi connectivity index (χ3n) is 4.26. The Hall–Kier alpha value is -2.57. The first-order chi connectivity index (χ1) is 12.8. The molecule has 0 fully saturated rings. The highest BCUT2D eigenvalue weighted by Gasteiger charge is 2.13. The lowest BCUT2D eigenvalue weighted by Crippen LogP contribution is -2.18. The lowest BCUT2D eigenvalue weighted by Gasteiger charge is -2.09. The number of hydrogen-bond donors (Lipinski definition) is 1. The first kappa shape index (κ1) is 19.2. The Bertz CT molecular complexity index is 1080. The lowest BCUT2D eigenvalue weighted by atomic mass is 10.2. The Labute approximate surface area is 164 Å². The van der Waals surface area contributed by atoms with Gasteiger partial charge in [-0.3, -0.25) is 0 Å². The van der Waals surface area contributed by atoms with Gasteiger partial charge in [-0.25, -0.2) is 4.83 Å². The zero-order valence-electron chi connectivity index (χ0n) is 15.3. The number of rotatable bonds is 5. The molecule has 0 saturated heterocycles.